The van der Waals surface area contributed by atoms with E-state index in [1.54, 1.807) is 0 Å². The number of benzene rings is 1. The average Bonchev–Trinajstić information content (AvgIpc) is 2.80. The van der Waals surface area contributed by atoms with E-state index in [9.17, 15) is 24.6 Å². The summed E-state index contributed by atoms with van der Waals surface area (Å²) in [4.78, 5) is 23.8. The average molecular weight is 347 g/mol. The Balaban J connectivity index is 2.49. The molecule has 2 rings (SSSR count). The Bertz CT molecular complexity index is 884. The fraction of sp³-hybridized carbons (Fsp3) is 0.250. The maximum absolute atomic E-state index is 13.6. The van der Waals surface area contributed by atoms with Crippen LogP contribution in [0, 0.1) is 41.1 Å². The van der Waals surface area contributed by atoms with Crippen molar-refractivity contribution in [2.75, 3.05) is 5.32 Å². The molecule has 0 spiro atoms. The molecule has 0 aliphatic heterocycles. The van der Waals surface area contributed by atoms with Crippen molar-refractivity contribution in [2.45, 2.75) is 27.2 Å². The van der Waals surface area contributed by atoms with Crippen LogP contribution in [0.25, 0.3) is 0 Å². The van der Waals surface area contributed by atoms with Crippen molar-refractivity contribution in [3.05, 3.63) is 55.2 Å². The Morgan fingerprint density at radius 3 is 2.67 bits per heavy atom. The molecule has 0 aliphatic carbocycles. The Morgan fingerprint density at radius 2 is 2.12 bits per heavy atom. The standard InChI is InChI=1S/C16H14FN3O3S/c1-4-11-9(3)24-16(13(11)7-18)19-15(21)12-6-10(17)5-8(2)14(12)20(22)23/h5-6H,4H2,1-3H3,(H,19,21). The Morgan fingerprint density at radius 1 is 1.46 bits per heavy atom. The van der Waals surface area contributed by atoms with Crippen molar-refractivity contribution in [3.8, 4) is 6.07 Å². The quantitative estimate of drug-likeness (QED) is 0.665. The van der Waals surface area contributed by atoms with Crippen LogP contribution in [0.1, 0.15) is 38.8 Å². The van der Waals surface area contributed by atoms with E-state index in [2.05, 4.69) is 5.32 Å². The lowest BCUT2D eigenvalue weighted by Gasteiger charge is -2.07. The lowest BCUT2D eigenvalue weighted by Crippen LogP contribution is -2.15. The summed E-state index contributed by atoms with van der Waals surface area (Å²) in [5.74, 6) is -1.55. The van der Waals surface area contributed by atoms with Gasteiger partial charge in [-0.2, -0.15) is 5.26 Å². The third-order valence-electron chi connectivity index (χ3n) is 3.59. The second-order valence-electron chi connectivity index (χ2n) is 5.14. The number of hydrogen-bond acceptors (Lipinski definition) is 5. The van der Waals surface area contributed by atoms with Gasteiger partial charge < -0.3 is 5.32 Å². The van der Waals surface area contributed by atoms with Crippen LogP contribution in [0.4, 0.5) is 15.1 Å². The monoisotopic (exact) mass is 347 g/mol. The van der Waals surface area contributed by atoms with Crippen LogP contribution in [0.3, 0.4) is 0 Å². The second kappa shape index (κ2) is 6.76. The Hall–Kier alpha value is -2.79. The number of nitro groups is 1. The molecular weight excluding hydrogens is 333 g/mol. The molecule has 0 atom stereocenters. The highest BCUT2D eigenvalue weighted by molar-refractivity contribution is 7.16. The van der Waals surface area contributed by atoms with Gasteiger partial charge in [-0.15, -0.1) is 11.3 Å². The second-order valence-corrected chi connectivity index (χ2v) is 6.36. The third-order valence-corrected chi connectivity index (χ3v) is 4.66. The first-order chi connectivity index (χ1) is 11.3. The fourth-order valence-corrected chi connectivity index (χ4v) is 3.62. The van der Waals surface area contributed by atoms with E-state index in [0.29, 0.717) is 17.0 Å². The van der Waals surface area contributed by atoms with Gasteiger partial charge in [-0.25, -0.2) is 4.39 Å². The van der Waals surface area contributed by atoms with Crippen molar-refractivity contribution in [2.24, 2.45) is 0 Å². The van der Waals surface area contributed by atoms with E-state index < -0.39 is 22.3 Å². The van der Waals surface area contributed by atoms with Gasteiger partial charge in [0, 0.05) is 10.4 Å². The number of aryl methyl sites for hydroxylation is 2. The summed E-state index contributed by atoms with van der Waals surface area (Å²) in [6.07, 6.45) is 0.625. The molecule has 2 aromatic rings. The number of carbonyl (C=O) groups is 1. The largest absolute Gasteiger partial charge is 0.312 e. The first kappa shape index (κ1) is 17.6. The van der Waals surface area contributed by atoms with Gasteiger partial charge in [0.05, 0.1) is 10.5 Å². The molecule has 124 valence electrons. The highest BCUT2D eigenvalue weighted by Crippen LogP contribution is 2.34. The van der Waals surface area contributed by atoms with Crippen molar-refractivity contribution in [3.63, 3.8) is 0 Å². The minimum Gasteiger partial charge on any atom is -0.312 e. The van der Waals surface area contributed by atoms with Gasteiger partial charge in [-0.3, -0.25) is 14.9 Å². The molecular formula is C16H14FN3O3S. The number of hydrogen-bond donors (Lipinski definition) is 1. The van der Waals surface area contributed by atoms with Gasteiger partial charge in [-0.1, -0.05) is 6.92 Å². The SMILES string of the molecule is CCc1c(C)sc(NC(=O)c2cc(F)cc(C)c2[N+](=O)[O-])c1C#N. The third kappa shape index (κ3) is 3.12. The summed E-state index contributed by atoms with van der Waals surface area (Å²) in [6, 6.07) is 3.87. The molecule has 0 fully saturated rings. The van der Waals surface area contributed by atoms with E-state index in [0.717, 1.165) is 22.6 Å². The molecule has 0 bridgehead atoms. The molecule has 8 heteroatoms. The van der Waals surface area contributed by atoms with Crippen molar-refractivity contribution >= 4 is 27.9 Å². The number of nitrogens with zero attached hydrogens (tertiary/aromatic N) is 2. The van der Waals surface area contributed by atoms with Gasteiger partial charge >= 0.3 is 0 Å². The predicted octanol–water partition coefficient (Wildman–Crippen LogP) is 4.10. The van der Waals surface area contributed by atoms with Crippen molar-refractivity contribution in [1.29, 1.82) is 5.26 Å². The zero-order valence-corrected chi connectivity index (χ0v) is 14.1. The van der Waals surface area contributed by atoms with Crippen LogP contribution in [-0.4, -0.2) is 10.8 Å². The van der Waals surface area contributed by atoms with E-state index in [1.165, 1.54) is 18.3 Å². The lowest BCUT2D eigenvalue weighted by atomic mass is 10.1. The van der Waals surface area contributed by atoms with Crippen LogP contribution in [-0.2, 0) is 6.42 Å². The number of carbonyl (C=O) groups excluding carboxylic acids is 1. The Kier molecular flexibility index (Phi) is 4.95. The highest BCUT2D eigenvalue weighted by Gasteiger charge is 2.26. The molecule has 0 unspecified atom stereocenters. The molecule has 0 aliphatic rings. The molecule has 1 aromatic heterocycles. The van der Waals surface area contributed by atoms with E-state index in [-0.39, 0.29) is 11.1 Å². The van der Waals surface area contributed by atoms with Crippen LogP contribution >= 0.6 is 11.3 Å². The van der Waals surface area contributed by atoms with E-state index >= 15 is 0 Å². The fourth-order valence-electron chi connectivity index (χ4n) is 2.53. The summed E-state index contributed by atoms with van der Waals surface area (Å²) in [5, 5.41) is 23.3. The maximum Gasteiger partial charge on any atom is 0.285 e. The number of halogens is 1. The molecule has 1 heterocycles. The number of thiophene rings is 1. The van der Waals surface area contributed by atoms with Gasteiger partial charge in [0.2, 0.25) is 0 Å². The molecule has 1 N–H and O–H groups in total. The smallest absolute Gasteiger partial charge is 0.285 e. The predicted molar refractivity (Wildman–Crippen MR) is 88.9 cm³/mol. The lowest BCUT2D eigenvalue weighted by molar-refractivity contribution is -0.385. The Labute approximate surface area is 141 Å². The number of nitriles is 1. The normalized spacial score (nSPS) is 10.3. The molecule has 0 saturated carbocycles. The molecule has 0 radical (unpaired) electrons. The summed E-state index contributed by atoms with van der Waals surface area (Å²) in [7, 11) is 0. The van der Waals surface area contributed by atoms with Crippen LogP contribution in [0.2, 0.25) is 0 Å². The van der Waals surface area contributed by atoms with Crippen LogP contribution in [0.5, 0.6) is 0 Å². The van der Waals surface area contributed by atoms with E-state index in [1.807, 2.05) is 19.9 Å². The number of nitrogens with one attached hydrogen (secondary N) is 1. The molecule has 1 aromatic carbocycles. The molecule has 0 saturated heterocycles. The molecule has 1 amide bonds. The van der Waals surface area contributed by atoms with Gasteiger partial charge in [0.1, 0.15) is 22.5 Å². The van der Waals surface area contributed by atoms with Gasteiger partial charge in [0.25, 0.3) is 11.6 Å². The molecule has 6 nitrogen and oxygen atoms in total. The number of amides is 1. The summed E-state index contributed by atoms with van der Waals surface area (Å²) >= 11 is 1.22. The zero-order valence-electron chi connectivity index (χ0n) is 13.3. The van der Waals surface area contributed by atoms with Crippen molar-refractivity contribution < 1.29 is 14.1 Å². The summed E-state index contributed by atoms with van der Waals surface area (Å²) < 4.78 is 13.6. The number of rotatable bonds is 4. The zero-order chi connectivity index (χ0) is 18.0. The van der Waals surface area contributed by atoms with Gasteiger partial charge in [0.15, 0.2) is 0 Å². The van der Waals surface area contributed by atoms with Crippen LogP contribution in [0.15, 0.2) is 12.1 Å². The topological polar surface area (TPSA) is 96.0 Å². The van der Waals surface area contributed by atoms with Crippen LogP contribution < -0.4 is 5.32 Å². The first-order valence-corrected chi connectivity index (χ1v) is 7.90. The highest BCUT2D eigenvalue weighted by atomic mass is 32.1. The minimum atomic E-state index is -0.815. The van der Waals surface area contributed by atoms with Gasteiger partial charge in [-0.05, 0) is 38.0 Å². The summed E-state index contributed by atoms with van der Waals surface area (Å²) in [6.45, 7) is 5.08. The maximum atomic E-state index is 13.6. The van der Waals surface area contributed by atoms with Crippen molar-refractivity contribution in [1.82, 2.24) is 0 Å². The number of nitro benzene ring substituents is 1. The minimum absolute atomic E-state index is 0.0577. The van der Waals surface area contributed by atoms with E-state index in [4.69, 9.17) is 0 Å². The summed E-state index contributed by atoms with van der Waals surface area (Å²) in [5.41, 5.74) is 0.399. The molecule has 24 heavy (non-hydrogen) atoms. The number of anilines is 1. The first-order valence-electron chi connectivity index (χ1n) is 7.08.